The van der Waals surface area contributed by atoms with Crippen LogP contribution in [-0.2, 0) is 0 Å². The van der Waals surface area contributed by atoms with E-state index in [1.165, 1.54) is 11.8 Å². The summed E-state index contributed by atoms with van der Waals surface area (Å²) in [7, 11) is 0. The standard InChI is InChI=1S/C9H13NS/c1-5-7-8(3)11-9(4)10-6-2/h5-7H,3-4H2,1-2H3/b7-5-,10-6-. The second-order valence-electron chi connectivity index (χ2n) is 1.85. The maximum atomic E-state index is 4.00. The van der Waals surface area contributed by atoms with E-state index < -0.39 is 0 Å². The summed E-state index contributed by atoms with van der Waals surface area (Å²) in [5, 5.41) is 0.774. The van der Waals surface area contributed by atoms with Crippen molar-refractivity contribution in [3.8, 4) is 0 Å². The van der Waals surface area contributed by atoms with Crippen LogP contribution < -0.4 is 0 Å². The zero-order chi connectivity index (χ0) is 8.69. The fourth-order valence-corrected chi connectivity index (χ4v) is 1.21. The molecule has 0 bridgehead atoms. The summed E-state index contributed by atoms with van der Waals surface area (Å²) in [5.41, 5.74) is 0. The summed E-state index contributed by atoms with van der Waals surface area (Å²) < 4.78 is 0. The Morgan fingerprint density at radius 1 is 1.36 bits per heavy atom. The van der Waals surface area contributed by atoms with Gasteiger partial charge < -0.3 is 0 Å². The monoisotopic (exact) mass is 167 g/mol. The Morgan fingerprint density at radius 2 is 2.00 bits per heavy atom. The van der Waals surface area contributed by atoms with Crippen molar-refractivity contribution in [1.82, 2.24) is 0 Å². The van der Waals surface area contributed by atoms with E-state index in [-0.39, 0.29) is 0 Å². The van der Waals surface area contributed by atoms with Gasteiger partial charge in [0.15, 0.2) is 0 Å². The number of nitrogens with zero attached hydrogens (tertiary/aromatic N) is 1. The first-order valence-corrected chi connectivity index (χ1v) is 4.19. The molecular weight excluding hydrogens is 154 g/mol. The quantitative estimate of drug-likeness (QED) is 0.462. The predicted molar refractivity (Wildman–Crippen MR) is 54.9 cm³/mol. The van der Waals surface area contributed by atoms with E-state index in [2.05, 4.69) is 18.2 Å². The van der Waals surface area contributed by atoms with Gasteiger partial charge in [-0.2, -0.15) is 0 Å². The van der Waals surface area contributed by atoms with E-state index in [0.717, 1.165) is 9.93 Å². The summed E-state index contributed by atoms with van der Waals surface area (Å²) in [5.74, 6) is 0. The van der Waals surface area contributed by atoms with E-state index in [9.17, 15) is 0 Å². The molecule has 0 heterocycles. The molecule has 0 saturated carbocycles. The lowest BCUT2D eigenvalue weighted by Crippen LogP contribution is -1.69. The first kappa shape index (κ1) is 10.2. The maximum Gasteiger partial charge on any atom is 0.0931 e. The lowest BCUT2D eigenvalue weighted by Gasteiger charge is -1.96. The van der Waals surface area contributed by atoms with Crippen LogP contribution in [0.15, 0.2) is 40.2 Å². The van der Waals surface area contributed by atoms with Crippen molar-refractivity contribution < 1.29 is 0 Å². The summed E-state index contributed by atoms with van der Waals surface area (Å²) in [4.78, 5) is 4.96. The van der Waals surface area contributed by atoms with E-state index in [1.807, 2.05) is 26.0 Å². The van der Waals surface area contributed by atoms with Gasteiger partial charge in [-0.1, -0.05) is 37.1 Å². The van der Waals surface area contributed by atoms with E-state index in [0.29, 0.717) is 0 Å². The average molecular weight is 167 g/mol. The minimum atomic E-state index is 0.774. The summed E-state index contributed by atoms with van der Waals surface area (Å²) in [6.07, 6.45) is 5.59. The number of hydrogen-bond acceptors (Lipinski definition) is 2. The molecular formula is C9H13NS. The molecule has 0 rings (SSSR count). The number of thioether (sulfide) groups is 1. The van der Waals surface area contributed by atoms with Crippen LogP contribution in [-0.4, -0.2) is 6.21 Å². The molecule has 0 saturated heterocycles. The van der Waals surface area contributed by atoms with Gasteiger partial charge in [-0.25, -0.2) is 0 Å². The highest BCUT2D eigenvalue weighted by Gasteiger charge is 1.91. The van der Waals surface area contributed by atoms with Gasteiger partial charge in [0.2, 0.25) is 0 Å². The normalized spacial score (nSPS) is 11.1. The van der Waals surface area contributed by atoms with Crippen LogP contribution in [0, 0.1) is 0 Å². The highest BCUT2D eigenvalue weighted by molar-refractivity contribution is 8.06. The van der Waals surface area contributed by atoms with Crippen molar-refractivity contribution in [1.29, 1.82) is 0 Å². The maximum absolute atomic E-state index is 4.00. The molecule has 0 aliphatic rings. The molecule has 60 valence electrons. The van der Waals surface area contributed by atoms with Crippen molar-refractivity contribution in [3.05, 3.63) is 35.2 Å². The largest absolute Gasteiger partial charge is 0.255 e. The molecule has 0 aromatic heterocycles. The smallest absolute Gasteiger partial charge is 0.0931 e. The predicted octanol–water partition coefficient (Wildman–Crippen LogP) is 3.37. The Bertz CT molecular complexity index is 180. The van der Waals surface area contributed by atoms with Crippen LogP contribution in [0.5, 0.6) is 0 Å². The summed E-state index contributed by atoms with van der Waals surface area (Å²) in [6.45, 7) is 11.4. The molecule has 0 N–H and O–H groups in total. The van der Waals surface area contributed by atoms with Crippen LogP contribution in [0.3, 0.4) is 0 Å². The number of rotatable bonds is 4. The molecule has 0 aliphatic carbocycles. The highest BCUT2D eigenvalue weighted by Crippen LogP contribution is 2.23. The SMILES string of the molecule is C=C(/C=C\C)SC(=C)/N=C\C. The van der Waals surface area contributed by atoms with Gasteiger partial charge in [0.25, 0.3) is 0 Å². The van der Waals surface area contributed by atoms with Crippen molar-refractivity contribution in [2.75, 3.05) is 0 Å². The minimum absolute atomic E-state index is 0.774. The molecule has 0 amide bonds. The van der Waals surface area contributed by atoms with E-state index in [4.69, 9.17) is 0 Å². The molecule has 0 atom stereocenters. The third kappa shape index (κ3) is 5.67. The molecule has 0 radical (unpaired) electrons. The van der Waals surface area contributed by atoms with Crippen LogP contribution in [0.1, 0.15) is 13.8 Å². The van der Waals surface area contributed by atoms with Crippen molar-refractivity contribution in [2.45, 2.75) is 13.8 Å². The summed E-state index contributed by atoms with van der Waals surface area (Å²) in [6, 6.07) is 0. The van der Waals surface area contributed by atoms with Gasteiger partial charge in [0.05, 0.1) is 5.03 Å². The molecule has 1 nitrogen and oxygen atoms in total. The number of aliphatic imine (C=N–C) groups is 1. The zero-order valence-electron chi connectivity index (χ0n) is 7.00. The molecule has 0 spiro atoms. The van der Waals surface area contributed by atoms with Gasteiger partial charge in [-0.05, 0) is 13.8 Å². The number of allylic oxidation sites excluding steroid dienone is 2. The highest BCUT2D eigenvalue weighted by atomic mass is 32.2. The van der Waals surface area contributed by atoms with Crippen molar-refractivity contribution >= 4 is 18.0 Å². The Morgan fingerprint density at radius 3 is 2.45 bits per heavy atom. The first-order chi connectivity index (χ1) is 5.20. The van der Waals surface area contributed by atoms with Crippen LogP contribution in [0.2, 0.25) is 0 Å². The molecule has 0 aromatic carbocycles. The molecule has 0 fully saturated rings. The molecule has 0 aliphatic heterocycles. The molecule has 2 heteroatoms. The van der Waals surface area contributed by atoms with Gasteiger partial charge >= 0.3 is 0 Å². The molecule has 0 unspecified atom stereocenters. The Balaban J connectivity index is 3.85. The Kier molecular flexibility index (Phi) is 5.57. The second-order valence-corrected chi connectivity index (χ2v) is 3.05. The van der Waals surface area contributed by atoms with Crippen LogP contribution in [0.25, 0.3) is 0 Å². The van der Waals surface area contributed by atoms with Gasteiger partial charge in [-0.3, -0.25) is 4.99 Å². The second kappa shape index (κ2) is 5.98. The van der Waals surface area contributed by atoms with Gasteiger partial charge in [-0.15, -0.1) is 0 Å². The summed E-state index contributed by atoms with van der Waals surface area (Å²) >= 11 is 1.48. The van der Waals surface area contributed by atoms with E-state index in [1.54, 1.807) is 6.21 Å². The fourth-order valence-electron chi connectivity index (χ4n) is 0.542. The minimum Gasteiger partial charge on any atom is -0.255 e. The topological polar surface area (TPSA) is 12.4 Å². The van der Waals surface area contributed by atoms with E-state index >= 15 is 0 Å². The lowest BCUT2D eigenvalue weighted by molar-refractivity contribution is 1.56. The third-order valence-electron chi connectivity index (χ3n) is 0.875. The third-order valence-corrected chi connectivity index (χ3v) is 1.61. The fraction of sp³-hybridized carbons (Fsp3) is 0.222. The lowest BCUT2D eigenvalue weighted by atomic mass is 10.5. The van der Waals surface area contributed by atoms with Crippen molar-refractivity contribution in [3.63, 3.8) is 0 Å². The Labute approximate surface area is 72.6 Å². The Hall–Kier alpha value is -0.760. The van der Waals surface area contributed by atoms with Gasteiger partial charge in [0.1, 0.15) is 0 Å². The number of hydrogen-bond donors (Lipinski definition) is 0. The molecule has 0 aromatic rings. The van der Waals surface area contributed by atoms with Crippen LogP contribution in [0.4, 0.5) is 0 Å². The van der Waals surface area contributed by atoms with Gasteiger partial charge in [0, 0.05) is 11.1 Å². The van der Waals surface area contributed by atoms with Crippen LogP contribution >= 0.6 is 11.8 Å². The zero-order valence-corrected chi connectivity index (χ0v) is 7.82. The molecule has 11 heavy (non-hydrogen) atoms. The van der Waals surface area contributed by atoms with Crippen molar-refractivity contribution in [2.24, 2.45) is 4.99 Å². The average Bonchev–Trinajstić information content (AvgIpc) is 1.87. The first-order valence-electron chi connectivity index (χ1n) is 3.37.